The van der Waals surface area contributed by atoms with Crippen LogP contribution in [0.5, 0.6) is 0 Å². The van der Waals surface area contributed by atoms with Crippen molar-refractivity contribution in [2.24, 2.45) is 0 Å². The fraction of sp³-hybridized carbons (Fsp3) is 0.500. The van der Waals surface area contributed by atoms with Crippen molar-refractivity contribution in [3.63, 3.8) is 0 Å². The third kappa shape index (κ3) is 2.04. The lowest BCUT2D eigenvalue weighted by molar-refractivity contribution is -0.0355. The highest BCUT2D eigenvalue weighted by molar-refractivity contribution is 8.00. The summed E-state index contributed by atoms with van der Waals surface area (Å²) < 4.78 is 19.7. The predicted molar refractivity (Wildman–Crippen MR) is 56.4 cm³/mol. The molecule has 1 fully saturated rings. The van der Waals surface area contributed by atoms with Crippen LogP contribution in [-0.4, -0.2) is 32.2 Å². The summed E-state index contributed by atoms with van der Waals surface area (Å²) in [7, 11) is 0. The Morgan fingerprint density at radius 3 is 3.06 bits per heavy atom. The van der Waals surface area contributed by atoms with E-state index in [1.165, 1.54) is 12.3 Å². The molecule has 0 bridgehead atoms. The van der Waals surface area contributed by atoms with Crippen LogP contribution in [0, 0.1) is 0 Å². The summed E-state index contributed by atoms with van der Waals surface area (Å²) >= 11 is 0.824. The molecule has 3 atom stereocenters. The third-order valence-corrected chi connectivity index (χ3v) is 3.13. The van der Waals surface area contributed by atoms with Crippen LogP contribution in [-0.2, 0) is 4.74 Å². The molecule has 88 valence electrons. The Bertz CT molecular complexity index is 441. The van der Waals surface area contributed by atoms with Crippen molar-refractivity contribution in [3.8, 4) is 0 Å². The molecular weight excluding hydrogens is 237 g/mol. The number of nitrogens with zero attached hydrogens (tertiary/aromatic N) is 2. The number of aliphatic hydroxyl groups excluding tert-OH is 1. The maximum absolute atomic E-state index is 13.5. The van der Waals surface area contributed by atoms with E-state index in [0.29, 0.717) is 0 Å². The minimum atomic E-state index is -1.42. The first-order valence-electron chi connectivity index (χ1n) is 4.52. The van der Waals surface area contributed by atoms with E-state index in [4.69, 9.17) is 15.6 Å². The van der Waals surface area contributed by atoms with Gasteiger partial charge in [-0.05, 0) is 6.07 Å². The number of alkyl halides is 1. The molecule has 3 N–H and O–H groups in total. The van der Waals surface area contributed by atoms with Crippen LogP contribution < -0.4 is 11.4 Å². The lowest BCUT2D eigenvalue weighted by atomic mass is 10.5. The van der Waals surface area contributed by atoms with Crippen LogP contribution >= 0.6 is 11.8 Å². The van der Waals surface area contributed by atoms with E-state index in [1.807, 2.05) is 0 Å². The number of halogens is 1. The van der Waals surface area contributed by atoms with Crippen LogP contribution in [0.2, 0.25) is 0 Å². The summed E-state index contributed by atoms with van der Waals surface area (Å²) in [6.07, 6.45) is 0.255. The first-order valence-corrected chi connectivity index (χ1v) is 5.46. The van der Waals surface area contributed by atoms with Crippen molar-refractivity contribution in [1.82, 2.24) is 9.55 Å². The van der Waals surface area contributed by atoms with Crippen molar-refractivity contribution in [2.45, 2.75) is 17.2 Å². The summed E-state index contributed by atoms with van der Waals surface area (Å²) in [5.74, 6) is 0.0704. The Morgan fingerprint density at radius 1 is 1.75 bits per heavy atom. The number of rotatable bonds is 2. The van der Waals surface area contributed by atoms with E-state index in [2.05, 4.69) is 4.98 Å². The second kappa shape index (κ2) is 4.40. The Kier molecular flexibility index (Phi) is 3.13. The number of ether oxygens (including phenoxy) is 1. The third-order valence-electron chi connectivity index (χ3n) is 2.07. The molecule has 2 heterocycles. The monoisotopic (exact) mass is 247 g/mol. The number of nitrogen functional groups attached to an aromatic ring is 1. The number of aromatic nitrogens is 2. The Labute approximate surface area is 94.2 Å². The molecule has 0 amide bonds. The summed E-state index contributed by atoms with van der Waals surface area (Å²) in [6, 6.07) is 1.38. The second-order valence-corrected chi connectivity index (χ2v) is 4.42. The van der Waals surface area contributed by atoms with Crippen LogP contribution in [0.15, 0.2) is 17.1 Å². The van der Waals surface area contributed by atoms with Crippen LogP contribution in [0.25, 0.3) is 0 Å². The maximum atomic E-state index is 13.5. The average Bonchev–Trinajstić information content (AvgIpc) is 2.60. The van der Waals surface area contributed by atoms with Gasteiger partial charge in [0.05, 0.1) is 6.61 Å². The molecule has 0 radical (unpaired) electrons. The number of aliphatic hydroxyl groups is 1. The van der Waals surface area contributed by atoms with Gasteiger partial charge in [0.2, 0.25) is 0 Å². The standard InChI is InChI=1S/C8H10FN3O3S/c9-6-7(15-5(3-13)16-6)12-2-1-4(10)11-8(12)14/h1-2,5-7,13H,3H2,(H2,10,11,14)/t5-,6-,7+/m1/s1. The predicted octanol–water partition coefficient (Wildman–Crippen LogP) is -0.298. The highest BCUT2D eigenvalue weighted by Crippen LogP contribution is 2.38. The molecule has 0 aliphatic carbocycles. The molecule has 1 aromatic heterocycles. The summed E-state index contributed by atoms with van der Waals surface area (Å²) in [5.41, 5.74) is 2.56. The molecule has 6 nitrogen and oxygen atoms in total. The average molecular weight is 247 g/mol. The molecule has 1 aliphatic heterocycles. The van der Waals surface area contributed by atoms with Gasteiger partial charge in [0.1, 0.15) is 11.3 Å². The van der Waals surface area contributed by atoms with Crippen molar-refractivity contribution >= 4 is 17.6 Å². The van der Waals surface area contributed by atoms with E-state index in [9.17, 15) is 9.18 Å². The van der Waals surface area contributed by atoms with Gasteiger partial charge in [-0.25, -0.2) is 9.18 Å². The Morgan fingerprint density at radius 2 is 2.50 bits per heavy atom. The van der Waals surface area contributed by atoms with Crippen LogP contribution in [0.4, 0.5) is 10.2 Å². The lowest BCUT2D eigenvalue weighted by Crippen LogP contribution is -2.30. The van der Waals surface area contributed by atoms with Gasteiger partial charge < -0.3 is 15.6 Å². The zero-order valence-corrected chi connectivity index (χ0v) is 8.93. The summed E-state index contributed by atoms with van der Waals surface area (Å²) in [4.78, 5) is 14.9. The van der Waals surface area contributed by atoms with Crippen LogP contribution in [0.1, 0.15) is 6.23 Å². The molecule has 16 heavy (non-hydrogen) atoms. The van der Waals surface area contributed by atoms with E-state index in [0.717, 1.165) is 16.3 Å². The number of nitrogens with two attached hydrogens (primary N) is 1. The van der Waals surface area contributed by atoms with Crippen LogP contribution in [0.3, 0.4) is 0 Å². The maximum Gasteiger partial charge on any atom is 0.351 e. The minimum Gasteiger partial charge on any atom is -0.393 e. The first kappa shape index (κ1) is 11.4. The van der Waals surface area contributed by atoms with Gasteiger partial charge in [-0.2, -0.15) is 4.98 Å². The first-order chi connectivity index (χ1) is 7.61. The molecule has 8 heteroatoms. The molecule has 2 rings (SSSR count). The lowest BCUT2D eigenvalue weighted by Gasteiger charge is -2.14. The number of anilines is 1. The highest BCUT2D eigenvalue weighted by Gasteiger charge is 2.37. The van der Waals surface area contributed by atoms with Crippen molar-refractivity contribution in [1.29, 1.82) is 0 Å². The molecule has 1 aliphatic rings. The van der Waals surface area contributed by atoms with E-state index in [-0.39, 0.29) is 12.4 Å². The summed E-state index contributed by atoms with van der Waals surface area (Å²) in [5, 5.41) is 8.83. The largest absolute Gasteiger partial charge is 0.393 e. The smallest absolute Gasteiger partial charge is 0.351 e. The molecule has 0 saturated carbocycles. The van der Waals surface area contributed by atoms with E-state index < -0.39 is 22.9 Å². The fourth-order valence-electron chi connectivity index (χ4n) is 1.36. The van der Waals surface area contributed by atoms with Gasteiger partial charge in [0.25, 0.3) is 0 Å². The quantitative estimate of drug-likeness (QED) is 0.745. The Balaban J connectivity index is 2.28. The van der Waals surface area contributed by atoms with Crippen molar-refractivity contribution in [2.75, 3.05) is 12.3 Å². The highest BCUT2D eigenvalue weighted by atomic mass is 32.2. The minimum absolute atomic E-state index is 0.0704. The molecule has 1 aromatic rings. The number of thioether (sulfide) groups is 1. The second-order valence-electron chi connectivity index (χ2n) is 3.17. The van der Waals surface area contributed by atoms with E-state index in [1.54, 1.807) is 0 Å². The zero-order valence-electron chi connectivity index (χ0n) is 8.12. The molecular formula is C8H10FN3O3S. The van der Waals surface area contributed by atoms with Gasteiger partial charge in [-0.3, -0.25) is 4.57 Å². The molecule has 0 spiro atoms. The topological polar surface area (TPSA) is 90.4 Å². The Hall–Kier alpha value is -1.12. The van der Waals surface area contributed by atoms with Crippen molar-refractivity contribution < 1.29 is 14.2 Å². The van der Waals surface area contributed by atoms with Crippen molar-refractivity contribution in [3.05, 3.63) is 22.7 Å². The zero-order chi connectivity index (χ0) is 11.7. The van der Waals surface area contributed by atoms with E-state index >= 15 is 0 Å². The fourth-order valence-corrected chi connectivity index (χ4v) is 2.24. The number of hydrogen-bond acceptors (Lipinski definition) is 6. The van der Waals surface area contributed by atoms with Gasteiger partial charge in [-0.15, -0.1) is 0 Å². The molecule has 0 unspecified atom stereocenters. The van der Waals surface area contributed by atoms with Gasteiger partial charge in [0.15, 0.2) is 11.7 Å². The molecule has 1 saturated heterocycles. The SMILES string of the molecule is Nc1ccn([C@H]2O[C@@H](CO)S[C@H]2F)c(=O)n1. The number of hydrogen-bond donors (Lipinski definition) is 2. The summed E-state index contributed by atoms with van der Waals surface area (Å²) in [6.45, 7) is -0.307. The normalized spacial score (nSPS) is 29.5. The van der Waals surface area contributed by atoms with Gasteiger partial charge >= 0.3 is 5.69 Å². The molecule has 0 aromatic carbocycles. The van der Waals surface area contributed by atoms with Gasteiger partial charge in [0, 0.05) is 6.20 Å². The van der Waals surface area contributed by atoms with Gasteiger partial charge in [-0.1, -0.05) is 11.8 Å².